The SMILES string of the molecule is Cc1ccc(C2COCCN2C(=O)C2CCCN(C(=O)C3CC3)C2)o1. The first-order valence-electron chi connectivity index (χ1n) is 9.37. The maximum atomic E-state index is 13.2. The van der Waals surface area contributed by atoms with Gasteiger partial charge in [0.15, 0.2) is 0 Å². The van der Waals surface area contributed by atoms with E-state index in [1.807, 2.05) is 28.9 Å². The van der Waals surface area contributed by atoms with Crippen LogP contribution in [0.3, 0.4) is 0 Å². The summed E-state index contributed by atoms with van der Waals surface area (Å²) >= 11 is 0. The van der Waals surface area contributed by atoms with Gasteiger partial charge in [-0.05, 0) is 44.7 Å². The average molecular weight is 346 g/mol. The lowest BCUT2D eigenvalue weighted by atomic mass is 9.95. The molecule has 0 radical (unpaired) electrons. The molecular weight excluding hydrogens is 320 g/mol. The van der Waals surface area contributed by atoms with Gasteiger partial charge in [0.05, 0.1) is 19.1 Å². The fraction of sp³-hybridized carbons (Fsp3) is 0.684. The lowest BCUT2D eigenvalue weighted by Gasteiger charge is -2.39. The Hall–Kier alpha value is -1.82. The Morgan fingerprint density at radius 3 is 2.64 bits per heavy atom. The van der Waals surface area contributed by atoms with E-state index >= 15 is 0 Å². The van der Waals surface area contributed by atoms with Crippen molar-refractivity contribution in [2.75, 3.05) is 32.8 Å². The number of piperidine rings is 1. The van der Waals surface area contributed by atoms with E-state index in [1.165, 1.54) is 0 Å². The quantitative estimate of drug-likeness (QED) is 0.841. The van der Waals surface area contributed by atoms with Gasteiger partial charge in [0.1, 0.15) is 17.6 Å². The number of morpholine rings is 1. The van der Waals surface area contributed by atoms with Crippen LogP contribution < -0.4 is 0 Å². The summed E-state index contributed by atoms with van der Waals surface area (Å²) in [4.78, 5) is 29.4. The first kappa shape index (κ1) is 16.6. The van der Waals surface area contributed by atoms with E-state index in [0.717, 1.165) is 43.7 Å². The minimum atomic E-state index is -0.163. The van der Waals surface area contributed by atoms with Gasteiger partial charge in [0.25, 0.3) is 0 Å². The highest BCUT2D eigenvalue weighted by Gasteiger charge is 2.39. The first-order valence-corrected chi connectivity index (χ1v) is 9.37. The molecule has 3 heterocycles. The molecule has 1 saturated carbocycles. The standard InChI is InChI=1S/C19H26N2O4/c1-13-4-7-17(25-13)16-12-24-10-9-21(16)19(23)15-3-2-8-20(11-15)18(22)14-5-6-14/h4,7,14-16H,2-3,5-6,8-12H2,1H3. The summed E-state index contributed by atoms with van der Waals surface area (Å²) in [6.45, 7) is 4.87. The van der Waals surface area contributed by atoms with E-state index in [-0.39, 0.29) is 29.7 Å². The third-order valence-electron chi connectivity index (χ3n) is 5.51. The molecule has 2 atom stereocenters. The number of likely N-dealkylation sites (tertiary alicyclic amines) is 1. The van der Waals surface area contributed by atoms with Crippen molar-refractivity contribution in [3.8, 4) is 0 Å². The molecule has 2 aliphatic heterocycles. The molecule has 2 amide bonds. The number of furan rings is 1. The van der Waals surface area contributed by atoms with E-state index in [0.29, 0.717) is 26.3 Å². The molecule has 3 aliphatic rings. The molecule has 2 unspecified atom stereocenters. The van der Waals surface area contributed by atoms with E-state index in [2.05, 4.69) is 0 Å². The third kappa shape index (κ3) is 3.45. The monoisotopic (exact) mass is 346 g/mol. The van der Waals surface area contributed by atoms with E-state index < -0.39 is 0 Å². The number of aryl methyl sites for hydroxylation is 1. The van der Waals surface area contributed by atoms with E-state index in [9.17, 15) is 9.59 Å². The van der Waals surface area contributed by atoms with Gasteiger partial charge in [-0.25, -0.2) is 0 Å². The summed E-state index contributed by atoms with van der Waals surface area (Å²) in [5, 5.41) is 0. The number of ether oxygens (including phenoxy) is 1. The zero-order valence-corrected chi connectivity index (χ0v) is 14.8. The van der Waals surface area contributed by atoms with Gasteiger partial charge < -0.3 is 19.0 Å². The van der Waals surface area contributed by atoms with Crippen LogP contribution in [0.1, 0.15) is 43.2 Å². The molecule has 4 rings (SSSR count). The van der Waals surface area contributed by atoms with Crippen molar-refractivity contribution in [3.05, 3.63) is 23.7 Å². The highest BCUT2D eigenvalue weighted by Crippen LogP contribution is 2.34. The molecule has 6 heteroatoms. The molecule has 2 saturated heterocycles. The Morgan fingerprint density at radius 2 is 1.92 bits per heavy atom. The number of carbonyl (C=O) groups excluding carboxylic acids is 2. The lowest BCUT2D eigenvalue weighted by molar-refractivity contribution is -0.149. The number of rotatable bonds is 3. The van der Waals surface area contributed by atoms with Crippen molar-refractivity contribution < 1.29 is 18.7 Å². The number of nitrogens with zero attached hydrogens (tertiary/aromatic N) is 2. The molecule has 1 aliphatic carbocycles. The van der Waals surface area contributed by atoms with Gasteiger partial charge >= 0.3 is 0 Å². The molecule has 1 aromatic rings. The third-order valence-corrected chi connectivity index (χ3v) is 5.51. The lowest BCUT2D eigenvalue weighted by Crippen LogP contribution is -2.50. The highest BCUT2D eigenvalue weighted by atomic mass is 16.5. The molecule has 0 N–H and O–H groups in total. The second-order valence-corrected chi connectivity index (χ2v) is 7.47. The summed E-state index contributed by atoms with van der Waals surface area (Å²) in [5.74, 6) is 2.12. The molecule has 25 heavy (non-hydrogen) atoms. The van der Waals surface area contributed by atoms with Gasteiger partial charge in [-0.2, -0.15) is 0 Å². The van der Waals surface area contributed by atoms with Gasteiger partial charge in [-0.3, -0.25) is 9.59 Å². The topological polar surface area (TPSA) is 63.0 Å². The second kappa shape index (κ2) is 6.83. The maximum absolute atomic E-state index is 13.2. The predicted molar refractivity (Wildman–Crippen MR) is 90.7 cm³/mol. The van der Waals surface area contributed by atoms with Crippen molar-refractivity contribution >= 4 is 11.8 Å². The van der Waals surface area contributed by atoms with Crippen LogP contribution >= 0.6 is 0 Å². The molecule has 136 valence electrons. The smallest absolute Gasteiger partial charge is 0.228 e. The van der Waals surface area contributed by atoms with Crippen molar-refractivity contribution in [2.45, 2.75) is 38.6 Å². The Balaban J connectivity index is 1.46. The fourth-order valence-electron chi connectivity index (χ4n) is 3.94. The van der Waals surface area contributed by atoms with Gasteiger partial charge in [-0.15, -0.1) is 0 Å². The molecule has 0 aromatic carbocycles. The maximum Gasteiger partial charge on any atom is 0.228 e. The van der Waals surface area contributed by atoms with E-state index in [4.69, 9.17) is 9.15 Å². The number of carbonyl (C=O) groups is 2. The Morgan fingerprint density at radius 1 is 1.08 bits per heavy atom. The van der Waals surface area contributed by atoms with Crippen LogP contribution in [0.5, 0.6) is 0 Å². The average Bonchev–Trinajstić information content (AvgIpc) is 3.41. The molecule has 0 spiro atoms. The highest BCUT2D eigenvalue weighted by molar-refractivity contribution is 5.83. The minimum absolute atomic E-state index is 0.104. The van der Waals surface area contributed by atoms with Crippen molar-refractivity contribution in [1.29, 1.82) is 0 Å². The Bertz CT molecular complexity index is 652. The molecule has 1 aromatic heterocycles. The normalized spacial score (nSPS) is 27.4. The summed E-state index contributed by atoms with van der Waals surface area (Å²) < 4.78 is 11.3. The first-order chi connectivity index (χ1) is 12.1. The largest absolute Gasteiger partial charge is 0.464 e. The molecular formula is C19H26N2O4. The number of hydrogen-bond acceptors (Lipinski definition) is 4. The Kier molecular flexibility index (Phi) is 4.54. The van der Waals surface area contributed by atoms with Crippen LogP contribution in [0, 0.1) is 18.8 Å². The number of amides is 2. The summed E-state index contributed by atoms with van der Waals surface area (Å²) in [6, 6.07) is 3.69. The number of hydrogen-bond donors (Lipinski definition) is 0. The second-order valence-electron chi connectivity index (χ2n) is 7.47. The van der Waals surface area contributed by atoms with Crippen LogP contribution in [-0.2, 0) is 14.3 Å². The van der Waals surface area contributed by atoms with Gasteiger partial charge in [0, 0.05) is 25.6 Å². The van der Waals surface area contributed by atoms with Crippen LogP contribution in [0.15, 0.2) is 16.5 Å². The zero-order valence-electron chi connectivity index (χ0n) is 14.8. The van der Waals surface area contributed by atoms with Crippen molar-refractivity contribution in [2.24, 2.45) is 11.8 Å². The predicted octanol–water partition coefficient (Wildman–Crippen LogP) is 2.14. The summed E-state index contributed by atoms with van der Waals surface area (Å²) in [5.41, 5.74) is 0. The van der Waals surface area contributed by atoms with Gasteiger partial charge in [-0.1, -0.05) is 0 Å². The van der Waals surface area contributed by atoms with Crippen LogP contribution in [0.2, 0.25) is 0 Å². The molecule has 3 fully saturated rings. The van der Waals surface area contributed by atoms with Crippen LogP contribution in [0.25, 0.3) is 0 Å². The minimum Gasteiger partial charge on any atom is -0.464 e. The van der Waals surface area contributed by atoms with Crippen LogP contribution in [0.4, 0.5) is 0 Å². The fourth-order valence-corrected chi connectivity index (χ4v) is 3.94. The Labute approximate surface area is 148 Å². The molecule has 6 nitrogen and oxygen atoms in total. The summed E-state index contributed by atoms with van der Waals surface area (Å²) in [7, 11) is 0. The summed E-state index contributed by atoms with van der Waals surface area (Å²) in [6.07, 6.45) is 3.78. The van der Waals surface area contributed by atoms with E-state index in [1.54, 1.807) is 0 Å². The van der Waals surface area contributed by atoms with Crippen molar-refractivity contribution in [3.63, 3.8) is 0 Å². The van der Waals surface area contributed by atoms with Gasteiger partial charge in [0.2, 0.25) is 11.8 Å². The molecule has 0 bridgehead atoms. The zero-order chi connectivity index (χ0) is 17.4. The van der Waals surface area contributed by atoms with Crippen molar-refractivity contribution in [1.82, 2.24) is 9.80 Å². The van der Waals surface area contributed by atoms with Crippen LogP contribution in [-0.4, -0.2) is 54.5 Å².